The minimum atomic E-state index is -3.55. The van der Waals surface area contributed by atoms with Crippen molar-refractivity contribution in [3.63, 3.8) is 0 Å². The summed E-state index contributed by atoms with van der Waals surface area (Å²) in [5.74, 6) is 0.591. The lowest BCUT2D eigenvalue weighted by molar-refractivity contribution is -0.140. The van der Waals surface area contributed by atoms with Gasteiger partial charge in [-0.05, 0) is 62.4 Å². The summed E-state index contributed by atoms with van der Waals surface area (Å²) in [6, 6.07) is 16.0. The molecule has 0 aliphatic rings. The van der Waals surface area contributed by atoms with E-state index in [0.717, 1.165) is 11.8 Å². The Balaban J connectivity index is 2.09. The van der Waals surface area contributed by atoms with Gasteiger partial charge in [0.1, 0.15) is 11.8 Å². The maximum Gasteiger partial charge on any atom is 0.242 e. The molecule has 0 aromatic heterocycles. The number of rotatable bonds is 15. The molecular weight excluding hydrogens is 490 g/mol. The summed E-state index contributed by atoms with van der Waals surface area (Å²) >= 11 is 0. The van der Waals surface area contributed by atoms with Crippen molar-refractivity contribution in [2.75, 3.05) is 36.8 Å². The number of carbonyl (C=O) groups excluding carboxylic acids is 2. The number of benzene rings is 2. The highest BCUT2D eigenvalue weighted by Crippen LogP contribution is 2.22. The molecule has 1 atom stereocenters. The fourth-order valence-corrected chi connectivity index (χ4v) is 4.87. The first-order valence-electron chi connectivity index (χ1n) is 12.8. The van der Waals surface area contributed by atoms with Crippen LogP contribution < -0.4 is 14.4 Å². The summed E-state index contributed by atoms with van der Waals surface area (Å²) in [7, 11) is -3.55. The number of hydrogen-bond acceptors (Lipinski definition) is 5. The third-order valence-corrected chi connectivity index (χ3v) is 7.12. The van der Waals surface area contributed by atoms with E-state index >= 15 is 0 Å². The third-order valence-electron chi connectivity index (χ3n) is 5.92. The Bertz CT molecular complexity index is 1090. The molecule has 1 N–H and O–H groups in total. The first-order chi connectivity index (χ1) is 17.5. The average Bonchev–Trinajstić information content (AvgIpc) is 2.86. The molecule has 37 heavy (non-hydrogen) atoms. The molecule has 2 amide bonds. The summed E-state index contributed by atoms with van der Waals surface area (Å²) in [6.07, 6.45) is 2.22. The van der Waals surface area contributed by atoms with Crippen molar-refractivity contribution in [1.82, 2.24) is 10.2 Å². The summed E-state index contributed by atoms with van der Waals surface area (Å²) < 4.78 is 31.7. The van der Waals surface area contributed by atoms with Crippen LogP contribution in [0.15, 0.2) is 54.6 Å². The Morgan fingerprint density at radius 1 is 0.973 bits per heavy atom. The lowest BCUT2D eigenvalue weighted by Gasteiger charge is -2.29. The molecular formula is C28H41N3O5S. The zero-order valence-corrected chi connectivity index (χ0v) is 23.5. The first kappa shape index (κ1) is 30.2. The van der Waals surface area contributed by atoms with E-state index in [1.54, 1.807) is 36.1 Å². The molecule has 204 valence electrons. The van der Waals surface area contributed by atoms with E-state index in [-0.39, 0.29) is 24.8 Å². The Hall–Kier alpha value is -3.07. The molecule has 0 bridgehead atoms. The number of sulfonamides is 1. The van der Waals surface area contributed by atoms with E-state index in [9.17, 15) is 18.0 Å². The molecule has 2 aromatic carbocycles. The molecule has 0 aliphatic heterocycles. The van der Waals surface area contributed by atoms with Crippen LogP contribution in [0.4, 0.5) is 5.69 Å². The number of nitrogens with one attached hydrogen (secondary N) is 1. The van der Waals surface area contributed by atoms with Crippen LogP contribution in [-0.2, 0) is 26.0 Å². The molecule has 2 rings (SSSR count). The van der Waals surface area contributed by atoms with Crippen LogP contribution in [0.2, 0.25) is 0 Å². The van der Waals surface area contributed by atoms with Crippen molar-refractivity contribution in [2.45, 2.75) is 53.0 Å². The van der Waals surface area contributed by atoms with Gasteiger partial charge in [-0.15, -0.1) is 0 Å². The SMILES string of the molecule is CCOc1ccc(N(CCCC(=O)N(CCc2ccccc2)C(C)C(=O)NCC(C)C)S(C)(=O)=O)cc1. The van der Waals surface area contributed by atoms with Crippen molar-refractivity contribution < 1.29 is 22.7 Å². The van der Waals surface area contributed by atoms with Gasteiger partial charge in [-0.2, -0.15) is 0 Å². The fourth-order valence-electron chi connectivity index (χ4n) is 3.90. The predicted molar refractivity (Wildman–Crippen MR) is 148 cm³/mol. The van der Waals surface area contributed by atoms with Crippen LogP contribution >= 0.6 is 0 Å². The second kappa shape index (κ2) is 14.6. The minimum absolute atomic E-state index is 0.125. The maximum atomic E-state index is 13.3. The van der Waals surface area contributed by atoms with Crippen LogP contribution in [0.3, 0.4) is 0 Å². The third kappa shape index (κ3) is 10.1. The number of anilines is 1. The van der Waals surface area contributed by atoms with Gasteiger partial charge in [0.2, 0.25) is 21.8 Å². The van der Waals surface area contributed by atoms with Crippen molar-refractivity contribution in [3.05, 3.63) is 60.2 Å². The van der Waals surface area contributed by atoms with Gasteiger partial charge in [-0.1, -0.05) is 44.2 Å². The predicted octanol–water partition coefficient (Wildman–Crippen LogP) is 3.86. The zero-order chi connectivity index (χ0) is 27.4. The van der Waals surface area contributed by atoms with Gasteiger partial charge < -0.3 is 15.0 Å². The fraction of sp³-hybridized carbons (Fsp3) is 0.500. The highest BCUT2D eigenvalue weighted by molar-refractivity contribution is 7.92. The second-order valence-corrected chi connectivity index (χ2v) is 11.4. The van der Waals surface area contributed by atoms with Crippen LogP contribution in [0.25, 0.3) is 0 Å². The summed E-state index contributed by atoms with van der Waals surface area (Å²) in [4.78, 5) is 27.7. The Morgan fingerprint density at radius 3 is 2.19 bits per heavy atom. The number of hydrogen-bond donors (Lipinski definition) is 1. The van der Waals surface area contributed by atoms with E-state index < -0.39 is 16.1 Å². The highest BCUT2D eigenvalue weighted by Gasteiger charge is 2.26. The van der Waals surface area contributed by atoms with Gasteiger partial charge in [0.05, 0.1) is 18.6 Å². The van der Waals surface area contributed by atoms with E-state index in [1.165, 1.54) is 4.31 Å². The van der Waals surface area contributed by atoms with Gasteiger partial charge >= 0.3 is 0 Å². The van der Waals surface area contributed by atoms with Crippen molar-refractivity contribution in [2.24, 2.45) is 5.92 Å². The summed E-state index contributed by atoms with van der Waals surface area (Å²) in [6.45, 7) is 9.25. The van der Waals surface area contributed by atoms with Crippen LogP contribution in [0.1, 0.15) is 46.1 Å². The molecule has 2 aromatic rings. The number of amides is 2. The number of ether oxygens (including phenoxy) is 1. The van der Waals surface area contributed by atoms with Crippen LogP contribution in [0, 0.1) is 5.92 Å². The molecule has 1 unspecified atom stereocenters. The van der Waals surface area contributed by atoms with Gasteiger partial charge in [0, 0.05) is 26.1 Å². The standard InChI is InChI=1S/C28H41N3O5S/c1-6-36-26-16-14-25(15-17-26)31(37(5,34)35)19-10-13-27(32)30(20-18-24-11-8-7-9-12-24)23(4)28(33)29-21-22(2)3/h7-9,11-12,14-17,22-23H,6,10,13,18-21H2,1-5H3,(H,29,33). The minimum Gasteiger partial charge on any atom is -0.494 e. The zero-order valence-electron chi connectivity index (χ0n) is 22.6. The molecule has 0 aliphatic carbocycles. The van der Waals surface area contributed by atoms with Crippen molar-refractivity contribution in [3.8, 4) is 5.75 Å². The molecule has 0 heterocycles. The van der Waals surface area contributed by atoms with Crippen molar-refractivity contribution >= 4 is 27.5 Å². The molecule has 0 saturated carbocycles. The van der Waals surface area contributed by atoms with E-state index in [2.05, 4.69) is 5.32 Å². The van der Waals surface area contributed by atoms with Gasteiger partial charge in [-0.3, -0.25) is 13.9 Å². The van der Waals surface area contributed by atoms with Gasteiger partial charge in [0.15, 0.2) is 0 Å². The Kier molecular flexibility index (Phi) is 11.9. The average molecular weight is 532 g/mol. The van der Waals surface area contributed by atoms with Crippen LogP contribution in [-0.4, -0.2) is 63.7 Å². The second-order valence-electron chi connectivity index (χ2n) is 9.50. The topological polar surface area (TPSA) is 96.0 Å². The molecule has 0 fully saturated rings. The lowest BCUT2D eigenvalue weighted by atomic mass is 10.1. The Morgan fingerprint density at radius 2 is 1.62 bits per heavy atom. The van der Waals surface area contributed by atoms with E-state index in [1.807, 2.05) is 51.1 Å². The maximum absolute atomic E-state index is 13.3. The molecule has 9 heteroatoms. The highest BCUT2D eigenvalue weighted by atomic mass is 32.2. The summed E-state index contributed by atoms with van der Waals surface area (Å²) in [5.41, 5.74) is 1.59. The number of carbonyl (C=O) groups is 2. The summed E-state index contributed by atoms with van der Waals surface area (Å²) in [5, 5.41) is 2.91. The van der Waals surface area contributed by atoms with E-state index in [4.69, 9.17) is 4.74 Å². The quantitative estimate of drug-likeness (QED) is 0.377. The molecule has 0 radical (unpaired) electrons. The Labute approximate surface area is 222 Å². The molecule has 0 saturated heterocycles. The first-order valence-corrected chi connectivity index (χ1v) is 14.7. The van der Waals surface area contributed by atoms with Crippen LogP contribution in [0.5, 0.6) is 5.75 Å². The number of nitrogens with zero attached hydrogens (tertiary/aromatic N) is 2. The normalized spacial score (nSPS) is 12.2. The monoisotopic (exact) mass is 531 g/mol. The van der Waals surface area contributed by atoms with Crippen molar-refractivity contribution in [1.29, 1.82) is 0 Å². The molecule has 0 spiro atoms. The van der Waals surface area contributed by atoms with Gasteiger partial charge in [0.25, 0.3) is 0 Å². The smallest absolute Gasteiger partial charge is 0.242 e. The largest absolute Gasteiger partial charge is 0.494 e. The van der Waals surface area contributed by atoms with Gasteiger partial charge in [-0.25, -0.2) is 8.42 Å². The van der Waals surface area contributed by atoms with E-state index in [0.29, 0.717) is 49.9 Å². The lowest BCUT2D eigenvalue weighted by Crippen LogP contribution is -2.49. The molecule has 8 nitrogen and oxygen atoms in total.